The number of ether oxygens (including phenoxy) is 2. The number of carbonyl (C=O) groups is 1. The minimum absolute atomic E-state index is 0. The van der Waals surface area contributed by atoms with Crippen molar-refractivity contribution in [2.75, 3.05) is 32.8 Å². The van der Waals surface area contributed by atoms with Gasteiger partial charge in [-0.05, 0) is 63.0 Å². The molecule has 0 aliphatic carbocycles. The largest absolute Gasteiger partial charge is 0.489 e. The molecule has 164 valence electrons. The molecule has 0 atom stereocenters. The van der Waals surface area contributed by atoms with Crippen LogP contribution >= 0.6 is 12.4 Å². The molecular formula is C25H29ClN2O3. The van der Waals surface area contributed by atoms with Crippen molar-refractivity contribution < 1.29 is 14.3 Å². The van der Waals surface area contributed by atoms with Crippen molar-refractivity contribution in [3.8, 4) is 5.75 Å². The molecule has 3 saturated heterocycles. The third-order valence-corrected chi connectivity index (χ3v) is 6.45. The van der Waals surface area contributed by atoms with Crippen LogP contribution in [-0.2, 0) is 16.1 Å². The Morgan fingerprint density at radius 3 is 2.61 bits per heavy atom. The number of aromatic nitrogens is 1. The van der Waals surface area contributed by atoms with E-state index in [1.165, 1.54) is 31.5 Å². The maximum atomic E-state index is 12.2. The van der Waals surface area contributed by atoms with Crippen molar-refractivity contribution in [3.63, 3.8) is 0 Å². The van der Waals surface area contributed by atoms with Gasteiger partial charge in [-0.15, -0.1) is 12.4 Å². The quantitative estimate of drug-likeness (QED) is 0.407. The lowest BCUT2D eigenvalue weighted by molar-refractivity contribution is -0.143. The third-order valence-electron chi connectivity index (χ3n) is 6.45. The molecule has 0 radical (unpaired) electrons. The van der Waals surface area contributed by atoms with Crippen LogP contribution in [0.2, 0.25) is 0 Å². The molecule has 2 bridgehead atoms. The minimum Gasteiger partial charge on any atom is -0.489 e. The van der Waals surface area contributed by atoms with E-state index in [4.69, 9.17) is 9.47 Å². The lowest BCUT2D eigenvalue weighted by Gasteiger charge is -2.41. The monoisotopic (exact) mass is 440 g/mol. The number of halogens is 1. The Labute approximate surface area is 189 Å². The Bertz CT molecular complexity index is 1110. The maximum Gasteiger partial charge on any atom is 0.325 e. The summed E-state index contributed by atoms with van der Waals surface area (Å²) < 4.78 is 13.3. The van der Waals surface area contributed by atoms with Crippen LogP contribution in [0.5, 0.6) is 5.75 Å². The maximum absolute atomic E-state index is 12.2. The molecule has 3 aliphatic rings. The normalized spacial score (nSPS) is 21.4. The van der Waals surface area contributed by atoms with Crippen LogP contribution in [0.4, 0.5) is 0 Å². The molecule has 31 heavy (non-hydrogen) atoms. The van der Waals surface area contributed by atoms with Gasteiger partial charge in [-0.1, -0.05) is 23.8 Å². The van der Waals surface area contributed by atoms with E-state index in [9.17, 15) is 4.79 Å². The summed E-state index contributed by atoms with van der Waals surface area (Å²) in [6, 6.07) is 14.3. The van der Waals surface area contributed by atoms with Gasteiger partial charge in [-0.2, -0.15) is 0 Å². The fourth-order valence-electron chi connectivity index (χ4n) is 4.95. The summed E-state index contributed by atoms with van der Waals surface area (Å²) in [4.78, 5) is 14.7. The topological polar surface area (TPSA) is 43.7 Å². The summed E-state index contributed by atoms with van der Waals surface area (Å²) >= 11 is 0. The van der Waals surface area contributed by atoms with Gasteiger partial charge >= 0.3 is 5.97 Å². The third kappa shape index (κ3) is 4.30. The van der Waals surface area contributed by atoms with Crippen LogP contribution in [-0.4, -0.2) is 48.3 Å². The number of para-hydroxylation sites is 1. The average Bonchev–Trinajstić information content (AvgIpc) is 3.08. The van der Waals surface area contributed by atoms with E-state index in [0.717, 1.165) is 40.0 Å². The molecule has 6 rings (SSSR count). The first-order valence-corrected chi connectivity index (χ1v) is 10.9. The second-order valence-corrected chi connectivity index (χ2v) is 8.23. The van der Waals surface area contributed by atoms with Crippen molar-refractivity contribution in [1.82, 2.24) is 9.47 Å². The smallest absolute Gasteiger partial charge is 0.325 e. The first-order valence-electron chi connectivity index (χ1n) is 10.9. The zero-order chi connectivity index (χ0) is 20.5. The summed E-state index contributed by atoms with van der Waals surface area (Å²) in [6.45, 7) is 6.58. The molecule has 3 aliphatic heterocycles. The summed E-state index contributed by atoms with van der Waals surface area (Å²) in [7, 11) is 0. The van der Waals surface area contributed by atoms with Crippen molar-refractivity contribution in [2.24, 2.45) is 5.92 Å². The molecule has 3 aromatic rings. The van der Waals surface area contributed by atoms with E-state index in [1.807, 2.05) is 41.8 Å². The predicted octanol–water partition coefficient (Wildman–Crippen LogP) is 4.81. The second kappa shape index (κ2) is 9.33. The molecule has 6 heteroatoms. The molecule has 1 aromatic heterocycles. The Morgan fingerprint density at radius 1 is 1.10 bits per heavy atom. The van der Waals surface area contributed by atoms with Gasteiger partial charge in [0.1, 0.15) is 18.9 Å². The molecule has 3 fully saturated rings. The summed E-state index contributed by atoms with van der Waals surface area (Å²) in [6.07, 6.45) is 4.84. The first-order chi connectivity index (χ1) is 14.7. The van der Waals surface area contributed by atoms with E-state index in [1.54, 1.807) is 0 Å². The molecule has 5 nitrogen and oxygen atoms in total. The molecular weight excluding hydrogens is 412 g/mol. The van der Waals surface area contributed by atoms with Gasteiger partial charge in [-0.3, -0.25) is 9.69 Å². The van der Waals surface area contributed by atoms with Crippen molar-refractivity contribution >= 4 is 40.2 Å². The molecule has 0 N–H and O–H groups in total. The number of hydrogen-bond donors (Lipinski definition) is 0. The Morgan fingerprint density at radius 2 is 1.87 bits per heavy atom. The fraction of sp³-hybridized carbons (Fsp3) is 0.400. The minimum atomic E-state index is -0.224. The number of piperidine rings is 3. The lowest BCUT2D eigenvalue weighted by Crippen LogP contribution is -2.43. The summed E-state index contributed by atoms with van der Waals surface area (Å²) in [5, 5.41) is 2.26. The highest BCUT2D eigenvalue weighted by Crippen LogP contribution is 2.33. The van der Waals surface area contributed by atoms with Gasteiger partial charge in [0.05, 0.1) is 12.1 Å². The number of rotatable bonds is 6. The summed E-state index contributed by atoms with van der Waals surface area (Å²) in [5.74, 6) is 1.35. The molecule has 0 amide bonds. The number of benzene rings is 2. The Kier molecular flexibility index (Phi) is 6.54. The highest BCUT2D eigenvalue weighted by Gasteiger charge is 2.29. The average molecular weight is 441 g/mol. The Hall–Kier alpha value is -2.50. The van der Waals surface area contributed by atoms with Crippen molar-refractivity contribution in [3.05, 3.63) is 54.1 Å². The van der Waals surface area contributed by atoms with Crippen molar-refractivity contribution in [1.29, 1.82) is 0 Å². The Balaban J connectivity index is 0.00000231. The first kappa shape index (κ1) is 21.7. The van der Waals surface area contributed by atoms with Crippen LogP contribution < -0.4 is 4.74 Å². The van der Waals surface area contributed by atoms with Crippen LogP contribution in [0.25, 0.3) is 21.8 Å². The van der Waals surface area contributed by atoms with E-state index >= 15 is 0 Å². The van der Waals surface area contributed by atoms with Crippen LogP contribution in [0, 0.1) is 5.92 Å². The number of hydrogen-bond acceptors (Lipinski definition) is 4. The number of carbonyl (C=O) groups excluding carboxylic acids is 1. The van der Waals surface area contributed by atoms with E-state index in [0.29, 0.717) is 13.2 Å². The number of esters is 1. The standard InChI is InChI=1S/C25H28N2O3.ClH/c1-2-29-25(28)17-27-23-6-4-3-5-21(23)22-8-7-20(15-24(22)27)30-14-11-19-16-26-12-9-18(19)10-13-26;/h3-8,11,15,18H,2,9-10,12-14,16-17H2,1H3;1H/b19-11+;. The van der Waals surface area contributed by atoms with Crippen LogP contribution in [0.1, 0.15) is 19.8 Å². The SMILES string of the molecule is CCOC(=O)Cn1c2ccccc2c2ccc(OC/C=C3\CN4CCC3CC4)cc21.Cl. The highest BCUT2D eigenvalue weighted by molar-refractivity contribution is 6.08. The lowest BCUT2D eigenvalue weighted by atomic mass is 9.84. The number of fused-ring (bicyclic) bond motifs is 6. The van der Waals surface area contributed by atoms with Gasteiger partial charge in [-0.25, -0.2) is 0 Å². The zero-order valence-electron chi connectivity index (χ0n) is 17.9. The van der Waals surface area contributed by atoms with Crippen molar-refractivity contribution in [2.45, 2.75) is 26.3 Å². The van der Waals surface area contributed by atoms with Gasteiger partial charge in [0, 0.05) is 28.9 Å². The molecule has 0 spiro atoms. The van der Waals surface area contributed by atoms with Gasteiger partial charge in [0.25, 0.3) is 0 Å². The van der Waals surface area contributed by atoms with E-state index in [2.05, 4.69) is 23.1 Å². The van der Waals surface area contributed by atoms with Gasteiger partial charge < -0.3 is 14.0 Å². The zero-order valence-corrected chi connectivity index (χ0v) is 18.7. The molecule has 2 aromatic carbocycles. The van der Waals surface area contributed by atoms with Crippen LogP contribution in [0.3, 0.4) is 0 Å². The molecule has 4 heterocycles. The summed E-state index contributed by atoms with van der Waals surface area (Å²) in [5.41, 5.74) is 3.56. The van der Waals surface area contributed by atoms with Crippen LogP contribution in [0.15, 0.2) is 54.1 Å². The second-order valence-electron chi connectivity index (χ2n) is 8.23. The highest BCUT2D eigenvalue weighted by atomic mass is 35.5. The fourth-order valence-corrected chi connectivity index (χ4v) is 4.95. The van der Waals surface area contributed by atoms with E-state index in [-0.39, 0.29) is 24.9 Å². The predicted molar refractivity (Wildman–Crippen MR) is 126 cm³/mol. The number of nitrogens with zero attached hydrogens (tertiary/aromatic N) is 2. The van der Waals surface area contributed by atoms with Gasteiger partial charge in [0.15, 0.2) is 0 Å². The van der Waals surface area contributed by atoms with Gasteiger partial charge in [0.2, 0.25) is 0 Å². The molecule has 0 unspecified atom stereocenters. The molecule has 0 saturated carbocycles. The van der Waals surface area contributed by atoms with E-state index < -0.39 is 0 Å².